The average molecular weight is 165 g/mol. The molecule has 0 bridgehead atoms. The first kappa shape index (κ1) is 7.40. The van der Waals surface area contributed by atoms with Crippen LogP contribution in [-0.2, 0) is 5.41 Å². The van der Waals surface area contributed by atoms with Crippen LogP contribution in [0, 0.1) is 5.21 Å². The fourth-order valence-corrected chi connectivity index (χ4v) is 1.55. The van der Waals surface area contributed by atoms with Gasteiger partial charge in [0.2, 0.25) is 5.69 Å². The minimum atomic E-state index is -0.154. The Morgan fingerprint density at radius 3 is 3.00 bits per heavy atom. The number of rotatable bonds is 0. The summed E-state index contributed by atoms with van der Waals surface area (Å²) in [6.45, 7) is 4.61. The Labute approximate surface area is 71.2 Å². The Morgan fingerprint density at radius 1 is 1.58 bits per heavy atom. The normalized spacial score (nSPS) is 18.5. The van der Waals surface area contributed by atoms with Gasteiger partial charge in [-0.15, -0.1) is 0 Å². The van der Waals surface area contributed by atoms with Crippen LogP contribution in [0.3, 0.4) is 0 Å². The van der Waals surface area contributed by atoms with Gasteiger partial charge in [0, 0.05) is 6.07 Å². The molecule has 0 radical (unpaired) electrons. The predicted molar refractivity (Wildman–Crippen MR) is 43.9 cm³/mol. The molecular formula is C9H11NO2. The SMILES string of the molecule is CC1(C)COc2ccc[n+]([O-])c21. The second kappa shape index (κ2) is 2.12. The molecule has 1 aliphatic rings. The van der Waals surface area contributed by atoms with Crippen molar-refractivity contribution in [3.63, 3.8) is 0 Å². The molecule has 3 heteroatoms. The number of hydrogen-bond acceptors (Lipinski definition) is 2. The van der Waals surface area contributed by atoms with E-state index >= 15 is 0 Å². The largest absolute Gasteiger partial charge is 0.618 e. The molecule has 0 spiro atoms. The van der Waals surface area contributed by atoms with Crippen LogP contribution in [0.1, 0.15) is 19.5 Å². The van der Waals surface area contributed by atoms with Crippen LogP contribution >= 0.6 is 0 Å². The highest BCUT2D eigenvalue weighted by Crippen LogP contribution is 2.34. The summed E-state index contributed by atoms with van der Waals surface area (Å²) in [7, 11) is 0. The summed E-state index contributed by atoms with van der Waals surface area (Å²) in [6, 6.07) is 3.53. The van der Waals surface area contributed by atoms with Gasteiger partial charge in [-0.05, 0) is 19.9 Å². The molecule has 3 nitrogen and oxygen atoms in total. The van der Waals surface area contributed by atoms with Crippen molar-refractivity contribution in [2.24, 2.45) is 0 Å². The Morgan fingerprint density at radius 2 is 2.33 bits per heavy atom. The van der Waals surface area contributed by atoms with Crippen LogP contribution in [0.15, 0.2) is 18.3 Å². The van der Waals surface area contributed by atoms with E-state index in [1.807, 2.05) is 19.9 Å². The van der Waals surface area contributed by atoms with Crippen molar-refractivity contribution in [2.75, 3.05) is 6.61 Å². The van der Waals surface area contributed by atoms with Crippen LogP contribution in [0.2, 0.25) is 0 Å². The van der Waals surface area contributed by atoms with Crippen molar-refractivity contribution in [1.82, 2.24) is 0 Å². The molecule has 0 fully saturated rings. The van der Waals surface area contributed by atoms with Gasteiger partial charge < -0.3 is 9.94 Å². The number of fused-ring (bicyclic) bond motifs is 1. The molecule has 2 rings (SSSR count). The zero-order chi connectivity index (χ0) is 8.77. The highest BCUT2D eigenvalue weighted by molar-refractivity contribution is 5.33. The summed E-state index contributed by atoms with van der Waals surface area (Å²) >= 11 is 0. The minimum absolute atomic E-state index is 0.154. The van der Waals surface area contributed by atoms with E-state index in [-0.39, 0.29) is 5.41 Å². The molecule has 0 saturated carbocycles. The van der Waals surface area contributed by atoms with E-state index in [0.717, 1.165) is 16.2 Å². The minimum Gasteiger partial charge on any atom is -0.618 e. The molecule has 0 aliphatic carbocycles. The standard InChI is InChI=1S/C9H11NO2/c1-9(2)6-12-7-4-3-5-10(11)8(7)9/h3-5H,6H2,1-2H3. The van der Waals surface area contributed by atoms with Gasteiger partial charge in [-0.2, -0.15) is 4.73 Å². The van der Waals surface area contributed by atoms with E-state index in [4.69, 9.17) is 4.74 Å². The van der Waals surface area contributed by atoms with Crippen molar-refractivity contribution < 1.29 is 9.47 Å². The summed E-state index contributed by atoms with van der Waals surface area (Å²) in [4.78, 5) is 0. The maximum Gasteiger partial charge on any atom is 0.243 e. The topological polar surface area (TPSA) is 36.2 Å². The second-order valence-corrected chi connectivity index (χ2v) is 3.72. The molecule has 64 valence electrons. The van der Waals surface area contributed by atoms with Crippen molar-refractivity contribution in [3.8, 4) is 5.75 Å². The maximum absolute atomic E-state index is 11.4. The molecule has 0 aromatic carbocycles. The monoisotopic (exact) mass is 165 g/mol. The number of aromatic nitrogens is 1. The zero-order valence-corrected chi connectivity index (χ0v) is 7.20. The van der Waals surface area contributed by atoms with Crippen LogP contribution in [-0.4, -0.2) is 6.61 Å². The summed E-state index contributed by atoms with van der Waals surface area (Å²) in [5.41, 5.74) is 0.586. The average Bonchev–Trinajstić information content (AvgIpc) is 2.29. The maximum atomic E-state index is 11.4. The molecule has 1 aromatic rings. The zero-order valence-electron chi connectivity index (χ0n) is 7.20. The van der Waals surface area contributed by atoms with Crippen LogP contribution < -0.4 is 9.47 Å². The predicted octanol–water partition coefficient (Wildman–Crippen LogP) is 0.990. The van der Waals surface area contributed by atoms with E-state index in [0.29, 0.717) is 6.61 Å². The van der Waals surface area contributed by atoms with Crippen LogP contribution in [0.4, 0.5) is 0 Å². The molecule has 1 aliphatic heterocycles. The van der Waals surface area contributed by atoms with Crippen molar-refractivity contribution in [3.05, 3.63) is 29.2 Å². The van der Waals surface area contributed by atoms with Crippen LogP contribution in [0.25, 0.3) is 0 Å². The molecule has 0 amide bonds. The third-order valence-electron chi connectivity index (χ3n) is 2.15. The molecule has 0 atom stereocenters. The van der Waals surface area contributed by atoms with Gasteiger partial charge in [-0.25, -0.2) is 0 Å². The van der Waals surface area contributed by atoms with Crippen LogP contribution in [0.5, 0.6) is 5.75 Å². The van der Waals surface area contributed by atoms with Gasteiger partial charge >= 0.3 is 0 Å². The van der Waals surface area contributed by atoms with Gasteiger partial charge in [-0.1, -0.05) is 0 Å². The van der Waals surface area contributed by atoms with Crippen molar-refractivity contribution >= 4 is 0 Å². The Hall–Kier alpha value is -1.25. The third kappa shape index (κ3) is 0.858. The molecule has 2 heterocycles. The Bertz CT molecular complexity index is 320. The first-order valence-electron chi connectivity index (χ1n) is 3.97. The van der Waals surface area contributed by atoms with E-state index < -0.39 is 0 Å². The highest BCUT2D eigenvalue weighted by atomic mass is 16.5. The van der Waals surface area contributed by atoms with Gasteiger partial charge in [0.25, 0.3) is 0 Å². The fourth-order valence-electron chi connectivity index (χ4n) is 1.55. The number of pyridine rings is 1. The first-order chi connectivity index (χ1) is 5.61. The van der Waals surface area contributed by atoms with E-state index in [1.54, 1.807) is 6.07 Å². The molecule has 0 unspecified atom stereocenters. The molecule has 12 heavy (non-hydrogen) atoms. The Balaban J connectivity index is 2.64. The summed E-state index contributed by atoms with van der Waals surface area (Å²) < 4.78 is 6.26. The van der Waals surface area contributed by atoms with E-state index in [1.165, 1.54) is 6.20 Å². The lowest BCUT2D eigenvalue weighted by atomic mass is 9.91. The highest BCUT2D eigenvalue weighted by Gasteiger charge is 2.39. The lowest BCUT2D eigenvalue weighted by molar-refractivity contribution is -0.616. The smallest absolute Gasteiger partial charge is 0.243 e. The van der Waals surface area contributed by atoms with Gasteiger partial charge in [0.05, 0.1) is 5.41 Å². The number of hydrogen-bond donors (Lipinski definition) is 0. The van der Waals surface area contributed by atoms with Gasteiger partial charge in [-0.3, -0.25) is 0 Å². The summed E-state index contributed by atoms with van der Waals surface area (Å²) in [5.74, 6) is 0.720. The van der Waals surface area contributed by atoms with Gasteiger partial charge in [0.1, 0.15) is 6.61 Å². The van der Waals surface area contributed by atoms with Crippen molar-refractivity contribution in [2.45, 2.75) is 19.3 Å². The molecule has 1 aromatic heterocycles. The first-order valence-corrected chi connectivity index (χ1v) is 3.97. The summed E-state index contributed by atoms with van der Waals surface area (Å²) in [5, 5.41) is 11.4. The number of ether oxygens (including phenoxy) is 1. The Kier molecular flexibility index (Phi) is 1.31. The van der Waals surface area contributed by atoms with Crippen molar-refractivity contribution in [1.29, 1.82) is 0 Å². The molecule has 0 saturated heterocycles. The fraction of sp³-hybridized carbons (Fsp3) is 0.444. The second-order valence-electron chi connectivity index (χ2n) is 3.72. The molecule has 0 N–H and O–H groups in total. The molecular weight excluding hydrogens is 154 g/mol. The lowest BCUT2D eigenvalue weighted by Crippen LogP contribution is -2.37. The number of nitrogens with zero attached hydrogens (tertiary/aromatic N) is 1. The quantitative estimate of drug-likeness (QED) is 0.424. The summed E-state index contributed by atoms with van der Waals surface area (Å²) in [6.07, 6.45) is 1.51. The van der Waals surface area contributed by atoms with E-state index in [9.17, 15) is 5.21 Å². The lowest BCUT2D eigenvalue weighted by Gasteiger charge is -2.12. The van der Waals surface area contributed by atoms with E-state index in [2.05, 4.69) is 0 Å². The van der Waals surface area contributed by atoms with Gasteiger partial charge in [0.15, 0.2) is 11.9 Å². The third-order valence-corrected chi connectivity index (χ3v) is 2.15.